The van der Waals surface area contributed by atoms with Gasteiger partial charge in [0.25, 0.3) is 0 Å². The lowest BCUT2D eigenvalue weighted by molar-refractivity contribution is 0.0981. The van der Waals surface area contributed by atoms with Gasteiger partial charge in [0.2, 0.25) is 10.0 Å². The number of carbonyl (C=O) groups is 1. The van der Waals surface area contributed by atoms with E-state index in [0.717, 1.165) is 36.2 Å². The van der Waals surface area contributed by atoms with Crippen molar-refractivity contribution in [2.75, 3.05) is 10.0 Å². The summed E-state index contributed by atoms with van der Waals surface area (Å²) in [7, 11) is -3.26. The Hall–Kier alpha value is -2.75. The van der Waals surface area contributed by atoms with E-state index in [1.807, 2.05) is 32.0 Å². The van der Waals surface area contributed by atoms with Crippen molar-refractivity contribution in [1.82, 2.24) is 15.5 Å². The Labute approximate surface area is 169 Å². The highest BCUT2D eigenvalue weighted by Crippen LogP contribution is 2.36. The largest absolute Gasteiger partial charge is 0.446 e. The number of alkyl carbamates (subject to hydrolysis) is 1. The number of carbonyl (C=O) groups excluding carboxylic acids is 1. The van der Waals surface area contributed by atoms with E-state index in [4.69, 9.17) is 4.74 Å². The predicted molar refractivity (Wildman–Crippen MR) is 110 cm³/mol. The molecule has 0 saturated heterocycles. The molecule has 1 fully saturated rings. The fraction of sp³-hybridized carbons (Fsp3) is 0.474. The maximum absolute atomic E-state index is 11.8. The average molecular weight is 420 g/mol. The van der Waals surface area contributed by atoms with E-state index in [9.17, 15) is 13.2 Å². The first-order valence-corrected chi connectivity index (χ1v) is 11.4. The van der Waals surface area contributed by atoms with Crippen LogP contribution in [-0.4, -0.2) is 36.9 Å². The van der Waals surface area contributed by atoms with Gasteiger partial charge < -0.3 is 15.4 Å². The van der Waals surface area contributed by atoms with Crippen LogP contribution in [-0.2, 0) is 20.5 Å². The zero-order chi connectivity index (χ0) is 20.6. The first-order valence-electron chi connectivity index (χ1n) is 9.70. The first-order chi connectivity index (χ1) is 13.8. The molecule has 2 aromatic rings. The van der Waals surface area contributed by atoms with Crippen molar-refractivity contribution < 1.29 is 17.9 Å². The number of fused-ring (bicyclic) bond motifs is 1. The number of nitrogens with zero attached hydrogens (tertiary/aromatic N) is 1. The number of aromatic amines is 1. The molecule has 0 unspecified atom stereocenters. The number of aromatic nitrogens is 2. The minimum Gasteiger partial charge on any atom is -0.446 e. The average Bonchev–Trinajstić information content (AvgIpc) is 3.31. The van der Waals surface area contributed by atoms with E-state index in [2.05, 4.69) is 25.6 Å². The Morgan fingerprint density at radius 1 is 1.28 bits per heavy atom. The monoisotopic (exact) mass is 419 g/mol. The summed E-state index contributed by atoms with van der Waals surface area (Å²) in [5.41, 5.74) is 3.13. The normalized spacial score (nSPS) is 22.2. The maximum atomic E-state index is 11.8. The second kappa shape index (κ2) is 7.58. The summed E-state index contributed by atoms with van der Waals surface area (Å²) < 4.78 is 31.3. The van der Waals surface area contributed by atoms with Crippen molar-refractivity contribution in [1.29, 1.82) is 0 Å². The van der Waals surface area contributed by atoms with Gasteiger partial charge in [-0.1, -0.05) is 0 Å². The Morgan fingerprint density at radius 2 is 2.10 bits per heavy atom. The zero-order valence-electron chi connectivity index (χ0n) is 16.4. The molecule has 1 saturated carbocycles. The lowest BCUT2D eigenvalue weighted by atomic mass is 10.0. The Balaban J connectivity index is 1.36. The van der Waals surface area contributed by atoms with E-state index < -0.39 is 10.0 Å². The fourth-order valence-electron chi connectivity index (χ4n) is 3.81. The molecule has 0 radical (unpaired) electrons. The number of sulfonamides is 1. The third-order valence-electron chi connectivity index (χ3n) is 5.09. The number of hydrogen-bond donors (Lipinski definition) is 4. The van der Waals surface area contributed by atoms with Gasteiger partial charge in [-0.05, 0) is 56.9 Å². The van der Waals surface area contributed by atoms with Crippen LogP contribution in [0.4, 0.5) is 22.0 Å². The smallest absolute Gasteiger partial charge is 0.407 e. The van der Waals surface area contributed by atoms with E-state index in [0.29, 0.717) is 11.5 Å². The minimum absolute atomic E-state index is 0.0164. The quantitative estimate of drug-likeness (QED) is 0.590. The molecule has 2 heterocycles. The summed E-state index contributed by atoms with van der Waals surface area (Å²) in [5.74, 6) is 0.900. The van der Waals surface area contributed by atoms with Crippen LogP contribution < -0.4 is 15.4 Å². The first kappa shape index (κ1) is 19.6. The van der Waals surface area contributed by atoms with Crippen molar-refractivity contribution in [3.8, 4) is 0 Å². The molecule has 10 heteroatoms. The van der Waals surface area contributed by atoms with E-state index in [1.54, 1.807) is 6.07 Å². The van der Waals surface area contributed by atoms with Crippen molar-refractivity contribution >= 4 is 33.3 Å². The summed E-state index contributed by atoms with van der Waals surface area (Å²) in [6, 6.07) is 7.37. The molecule has 156 valence electrons. The number of hydrogen-bond acceptors (Lipinski definition) is 6. The van der Waals surface area contributed by atoms with E-state index >= 15 is 0 Å². The molecule has 1 aliphatic carbocycles. The SMILES string of the molecule is CC(C)NC(=O)O[C@@H]1CC[C@H](c2cc(Nc3ccc4c(c3)CS(=O)(=O)N4)n[nH]2)C1. The number of amides is 1. The van der Waals surface area contributed by atoms with Gasteiger partial charge in [-0.15, -0.1) is 0 Å². The van der Waals surface area contributed by atoms with E-state index in [1.165, 1.54) is 0 Å². The number of benzene rings is 1. The molecule has 0 spiro atoms. The second-order valence-electron chi connectivity index (χ2n) is 7.90. The van der Waals surface area contributed by atoms with Gasteiger partial charge in [-0.3, -0.25) is 9.82 Å². The van der Waals surface area contributed by atoms with Crippen molar-refractivity contribution in [2.24, 2.45) is 0 Å². The van der Waals surface area contributed by atoms with Crippen LogP contribution in [0.1, 0.15) is 50.3 Å². The van der Waals surface area contributed by atoms with Crippen LogP contribution in [0.2, 0.25) is 0 Å². The Kier molecular flexibility index (Phi) is 5.12. The zero-order valence-corrected chi connectivity index (χ0v) is 17.2. The highest BCUT2D eigenvalue weighted by Gasteiger charge is 2.30. The van der Waals surface area contributed by atoms with Gasteiger partial charge in [0.05, 0.1) is 11.4 Å². The molecule has 0 bridgehead atoms. The Bertz CT molecular complexity index is 1020. The third kappa shape index (κ3) is 4.64. The van der Waals surface area contributed by atoms with Crippen molar-refractivity contribution in [3.05, 3.63) is 35.5 Å². The minimum atomic E-state index is -3.26. The molecule has 29 heavy (non-hydrogen) atoms. The fourth-order valence-corrected chi connectivity index (χ4v) is 5.06. The second-order valence-corrected chi connectivity index (χ2v) is 9.63. The molecule has 2 aliphatic rings. The molecule has 1 aromatic carbocycles. The highest BCUT2D eigenvalue weighted by atomic mass is 32.2. The molecule has 1 aromatic heterocycles. The third-order valence-corrected chi connectivity index (χ3v) is 6.31. The number of rotatable bonds is 5. The van der Waals surface area contributed by atoms with Gasteiger partial charge in [0.1, 0.15) is 6.10 Å². The Morgan fingerprint density at radius 3 is 2.90 bits per heavy atom. The lowest BCUT2D eigenvalue weighted by Gasteiger charge is -2.14. The molecule has 4 rings (SSSR count). The highest BCUT2D eigenvalue weighted by molar-refractivity contribution is 7.92. The van der Waals surface area contributed by atoms with Gasteiger partial charge in [0, 0.05) is 29.4 Å². The number of nitrogens with one attached hydrogen (secondary N) is 4. The van der Waals surface area contributed by atoms with Crippen LogP contribution in [0.15, 0.2) is 24.3 Å². The lowest BCUT2D eigenvalue weighted by Crippen LogP contribution is -2.33. The molecule has 1 aliphatic heterocycles. The molecule has 2 atom stereocenters. The van der Waals surface area contributed by atoms with Crippen molar-refractivity contribution in [3.63, 3.8) is 0 Å². The van der Waals surface area contributed by atoms with Gasteiger partial charge in [-0.25, -0.2) is 13.2 Å². The van der Waals surface area contributed by atoms with Crippen LogP contribution in [0.5, 0.6) is 0 Å². The van der Waals surface area contributed by atoms with Crippen LogP contribution in [0, 0.1) is 0 Å². The van der Waals surface area contributed by atoms with Crippen molar-refractivity contribution in [2.45, 2.75) is 56.9 Å². The van der Waals surface area contributed by atoms with Crippen LogP contribution in [0.3, 0.4) is 0 Å². The summed E-state index contributed by atoms with van der Waals surface area (Å²) in [6.45, 7) is 3.79. The summed E-state index contributed by atoms with van der Waals surface area (Å²) in [4.78, 5) is 11.8. The number of H-pyrrole nitrogens is 1. The van der Waals surface area contributed by atoms with Gasteiger partial charge >= 0.3 is 6.09 Å². The maximum Gasteiger partial charge on any atom is 0.407 e. The van der Waals surface area contributed by atoms with Crippen LogP contribution >= 0.6 is 0 Å². The van der Waals surface area contributed by atoms with Gasteiger partial charge in [0.15, 0.2) is 5.82 Å². The molecule has 1 amide bonds. The summed E-state index contributed by atoms with van der Waals surface area (Å²) in [6.07, 6.45) is 2.04. The number of ether oxygens (including phenoxy) is 1. The number of anilines is 3. The topological polar surface area (TPSA) is 125 Å². The van der Waals surface area contributed by atoms with E-state index in [-0.39, 0.29) is 29.9 Å². The molecule has 4 N–H and O–H groups in total. The molecule has 9 nitrogen and oxygen atoms in total. The summed E-state index contributed by atoms with van der Waals surface area (Å²) in [5, 5.41) is 13.3. The summed E-state index contributed by atoms with van der Waals surface area (Å²) >= 11 is 0. The molecular formula is C19H25N5O4S. The van der Waals surface area contributed by atoms with Crippen LogP contribution in [0.25, 0.3) is 0 Å². The molecular weight excluding hydrogens is 394 g/mol. The standard InChI is InChI=1S/C19H25N5O4S/c1-11(2)20-19(25)28-15-5-3-12(8-15)17-9-18(23-22-17)21-14-4-6-16-13(7-14)10-29(26,27)24-16/h4,6-7,9,11-12,15,24H,3,5,8,10H2,1-2H3,(H,20,25)(H2,21,22,23)/t12-,15+/m0/s1. The predicted octanol–water partition coefficient (Wildman–Crippen LogP) is 3.18. The van der Waals surface area contributed by atoms with Gasteiger partial charge in [-0.2, -0.15) is 5.10 Å².